The molecule has 0 radical (unpaired) electrons. The minimum Gasteiger partial charge on any atom is -0.481 e. The van der Waals surface area contributed by atoms with Crippen LogP contribution in [0.25, 0.3) is 0 Å². The van der Waals surface area contributed by atoms with Gasteiger partial charge in [-0.05, 0) is 12.8 Å². The zero-order valence-corrected chi connectivity index (χ0v) is 31.3. The number of carbonyl (C=O) groups excluding carboxylic acids is 5. The Bertz CT molecular complexity index is 1450. The molecular formula is C35H52FN7O13. The second-order valence-corrected chi connectivity index (χ2v) is 14.2. The number of ketones is 1. The number of rotatable bonds is 19. The van der Waals surface area contributed by atoms with Crippen LogP contribution in [0.1, 0.15) is 38.5 Å². The molecule has 21 heteroatoms. The van der Waals surface area contributed by atoms with Crippen molar-refractivity contribution in [1.82, 2.24) is 34.7 Å². The molecule has 0 saturated carbocycles. The fraction of sp³-hybridized carbons (Fsp3) is 0.686. The molecule has 2 fully saturated rings. The molecule has 3 heterocycles. The summed E-state index contributed by atoms with van der Waals surface area (Å²) in [6, 6.07) is 0. The molecule has 0 aromatic heterocycles. The second-order valence-electron chi connectivity index (χ2n) is 14.2. The number of carboxylic acids is 4. The quantitative estimate of drug-likeness (QED) is 0.0677. The highest BCUT2D eigenvalue weighted by Gasteiger charge is 2.43. The van der Waals surface area contributed by atoms with E-state index in [-0.39, 0.29) is 123 Å². The molecule has 0 aromatic rings. The van der Waals surface area contributed by atoms with Gasteiger partial charge < -0.3 is 30.6 Å². The molecule has 0 aliphatic carbocycles. The maximum Gasteiger partial charge on any atom is 0.317 e. The summed E-state index contributed by atoms with van der Waals surface area (Å²) < 4.78 is 15.8. The number of aliphatic carboxylic acids is 4. The van der Waals surface area contributed by atoms with Crippen molar-refractivity contribution in [3.05, 3.63) is 12.2 Å². The first-order valence-corrected chi connectivity index (χ1v) is 18.5. The van der Waals surface area contributed by atoms with E-state index in [9.17, 15) is 63.6 Å². The molecule has 3 aliphatic heterocycles. The van der Waals surface area contributed by atoms with Gasteiger partial charge in [-0.25, -0.2) is 4.39 Å². The van der Waals surface area contributed by atoms with Crippen molar-refractivity contribution in [3.63, 3.8) is 0 Å². The Morgan fingerprint density at radius 2 is 1.09 bits per heavy atom. The highest BCUT2D eigenvalue weighted by molar-refractivity contribution is 6.12. The van der Waals surface area contributed by atoms with E-state index in [1.807, 2.05) is 0 Å². The van der Waals surface area contributed by atoms with Crippen molar-refractivity contribution in [2.45, 2.75) is 44.2 Å². The van der Waals surface area contributed by atoms with Crippen molar-refractivity contribution < 1.29 is 68.0 Å². The molecule has 20 nitrogen and oxygen atoms in total. The lowest BCUT2D eigenvalue weighted by molar-refractivity contribution is -0.145. The Kier molecular flexibility index (Phi) is 17.9. The van der Waals surface area contributed by atoms with Gasteiger partial charge in [0.2, 0.25) is 5.91 Å². The maximum absolute atomic E-state index is 15.8. The number of likely N-dealkylation sites (tertiary alicyclic amines) is 1. The number of amides is 4. The van der Waals surface area contributed by atoms with E-state index in [4.69, 9.17) is 0 Å². The third kappa shape index (κ3) is 15.3. The highest BCUT2D eigenvalue weighted by Crippen LogP contribution is 2.27. The summed E-state index contributed by atoms with van der Waals surface area (Å²) in [6.45, 7) is -0.101. The first-order chi connectivity index (χ1) is 26.4. The van der Waals surface area contributed by atoms with Crippen LogP contribution in [-0.2, 0) is 43.2 Å². The Hall–Kier alpha value is -4.86. The summed E-state index contributed by atoms with van der Waals surface area (Å²) in [6.07, 6.45) is 1.89. The molecular weight excluding hydrogens is 745 g/mol. The van der Waals surface area contributed by atoms with Gasteiger partial charge >= 0.3 is 23.9 Å². The van der Waals surface area contributed by atoms with Gasteiger partial charge in [0.15, 0.2) is 11.5 Å². The second kappa shape index (κ2) is 22.0. The zero-order chi connectivity index (χ0) is 41.4. The summed E-state index contributed by atoms with van der Waals surface area (Å²) in [5, 5.41) is 40.0. The van der Waals surface area contributed by atoms with Gasteiger partial charge in [-0.3, -0.25) is 67.7 Å². The number of imide groups is 1. The molecule has 0 unspecified atom stereocenters. The molecule has 3 rings (SSSR count). The SMILES string of the molecule is O=C(O)CN1CCN(CC(=O)O)CCN(CC(=O)N2CCC(F)(C(=O)NCC(=O)C[C@@H](CCCCN3C(=O)C=CC3=O)C(=O)O)CC2)CCN(CC(=O)O)CC1. The number of unbranched alkanes of at least 4 members (excludes halogenated alkanes) is 1. The third-order valence-electron chi connectivity index (χ3n) is 10.0. The van der Waals surface area contributed by atoms with E-state index in [0.717, 1.165) is 17.1 Å². The maximum atomic E-state index is 15.8. The molecule has 1 atom stereocenters. The van der Waals surface area contributed by atoms with Crippen LogP contribution in [0.3, 0.4) is 0 Å². The molecule has 56 heavy (non-hydrogen) atoms. The van der Waals surface area contributed by atoms with Crippen LogP contribution in [0.2, 0.25) is 0 Å². The third-order valence-corrected chi connectivity index (χ3v) is 10.0. The number of hydrogen-bond acceptors (Lipinski definition) is 13. The van der Waals surface area contributed by atoms with Crippen LogP contribution in [-0.4, -0.2) is 213 Å². The predicted molar refractivity (Wildman–Crippen MR) is 192 cm³/mol. The van der Waals surface area contributed by atoms with E-state index in [2.05, 4.69) is 5.32 Å². The van der Waals surface area contributed by atoms with E-state index >= 15 is 4.39 Å². The molecule has 3 aliphatic rings. The Labute approximate surface area is 322 Å². The highest BCUT2D eigenvalue weighted by atomic mass is 19.1. The molecule has 0 aromatic carbocycles. The molecule has 5 N–H and O–H groups in total. The number of hydrogen-bond donors (Lipinski definition) is 5. The number of nitrogens with zero attached hydrogens (tertiary/aromatic N) is 6. The molecule has 2 saturated heterocycles. The van der Waals surface area contributed by atoms with Gasteiger partial charge in [0.05, 0.1) is 38.6 Å². The standard InChI is InChI=1S/C35H52FN7O13/c36-35(34(56)37-20-26(44)19-25(33(54)55)3-1-2-8-43-27(45)4-5-28(43)46)6-9-42(10-7-35)29(47)21-38-11-13-39(22-30(48)49)15-17-41(24-32(52)53)18-16-40(14-12-38)23-31(50)51/h4-5,25H,1-3,6-24H2,(H,37,56)(H,48,49)(H,50,51)(H,52,53)(H,54,55)/t25-/m1/s1. The van der Waals surface area contributed by atoms with Crippen molar-refractivity contribution in [1.29, 1.82) is 0 Å². The van der Waals surface area contributed by atoms with Crippen molar-refractivity contribution in [2.75, 3.05) is 105 Å². The zero-order valence-electron chi connectivity index (χ0n) is 31.3. The molecule has 0 spiro atoms. The Morgan fingerprint density at radius 1 is 0.661 bits per heavy atom. The van der Waals surface area contributed by atoms with Crippen molar-refractivity contribution >= 4 is 53.3 Å². The van der Waals surface area contributed by atoms with Crippen LogP contribution in [0.5, 0.6) is 0 Å². The van der Waals surface area contributed by atoms with E-state index < -0.39 is 71.9 Å². The normalized spacial score (nSPS) is 19.9. The Morgan fingerprint density at radius 3 is 1.50 bits per heavy atom. The lowest BCUT2D eigenvalue weighted by Crippen LogP contribution is -2.54. The predicted octanol–water partition coefficient (Wildman–Crippen LogP) is -2.34. The fourth-order valence-electron chi connectivity index (χ4n) is 6.72. The van der Waals surface area contributed by atoms with Gasteiger partial charge in [-0.2, -0.15) is 0 Å². The van der Waals surface area contributed by atoms with Gasteiger partial charge in [-0.15, -0.1) is 0 Å². The van der Waals surface area contributed by atoms with Gasteiger partial charge in [0.25, 0.3) is 17.7 Å². The molecule has 0 bridgehead atoms. The van der Waals surface area contributed by atoms with Gasteiger partial charge in [0.1, 0.15) is 0 Å². The molecule has 4 amide bonds. The number of alkyl halides is 1. The largest absolute Gasteiger partial charge is 0.481 e. The minimum atomic E-state index is -2.39. The number of nitrogens with one attached hydrogen (secondary N) is 1. The number of piperidine rings is 1. The first-order valence-electron chi connectivity index (χ1n) is 18.5. The lowest BCUT2D eigenvalue weighted by Gasteiger charge is -2.37. The topological polar surface area (TPSA) is 266 Å². The summed E-state index contributed by atoms with van der Waals surface area (Å²) in [7, 11) is 0. The van der Waals surface area contributed by atoms with E-state index in [1.54, 1.807) is 19.6 Å². The van der Waals surface area contributed by atoms with Crippen LogP contribution < -0.4 is 5.32 Å². The fourth-order valence-corrected chi connectivity index (χ4v) is 6.72. The van der Waals surface area contributed by atoms with Crippen molar-refractivity contribution in [3.8, 4) is 0 Å². The smallest absolute Gasteiger partial charge is 0.317 e. The summed E-state index contributed by atoms with van der Waals surface area (Å²) in [5.41, 5.74) is -2.39. The van der Waals surface area contributed by atoms with Crippen LogP contribution in [0.15, 0.2) is 12.2 Å². The summed E-state index contributed by atoms with van der Waals surface area (Å²) in [4.78, 5) is 117. The van der Waals surface area contributed by atoms with Gasteiger partial charge in [0, 0.05) is 103 Å². The number of halogens is 1. The average Bonchev–Trinajstić information content (AvgIpc) is 3.44. The minimum absolute atomic E-state index is 0.0849. The average molecular weight is 798 g/mol. The van der Waals surface area contributed by atoms with Crippen LogP contribution >= 0.6 is 0 Å². The van der Waals surface area contributed by atoms with Crippen LogP contribution in [0, 0.1) is 5.92 Å². The summed E-state index contributed by atoms with van der Waals surface area (Å²) >= 11 is 0. The van der Waals surface area contributed by atoms with Crippen molar-refractivity contribution in [2.24, 2.45) is 5.92 Å². The Balaban J connectivity index is 1.50. The van der Waals surface area contributed by atoms with Gasteiger partial charge in [-0.1, -0.05) is 6.42 Å². The number of carbonyl (C=O) groups is 9. The lowest BCUT2D eigenvalue weighted by atomic mass is 9.92. The summed E-state index contributed by atoms with van der Waals surface area (Å²) in [5.74, 6) is -8.52. The van der Waals surface area contributed by atoms with E-state index in [1.165, 1.54) is 4.90 Å². The van der Waals surface area contributed by atoms with E-state index in [0.29, 0.717) is 12.8 Å². The first kappa shape index (κ1) is 45.5. The van der Waals surface area contributed by atoms with Crippen LogP contribution in [0.4, 0.5) is 4.39 Å². The number of carboxylic acid groups (broad SMARTS) is 4. The molecule has 312 valence electrons. The monoisotopic (exact) mass is 797 g/mol. The number of Topliss-reactive ketones (excluding diaryl/α,β-unsaturated/α-hetero) is 1.